The number of hydrogen-bond donors (Lipinski definition) is 1. The molecule has 3 aromatic rings. The molecule has 1 N–H and O–H groups in total. The van der Waals surface area contributed by atoms with E-state index in [1.165, 1.54) is 43.5 Å². The van der Waals surface area contributed by atoms with Gasteiger partial charge in [-0.2, -0.15) is 18.3 Å². The Morgan fingerprint density at radius 1 is 1.14 bits per heavy atom. The van der Waals surface area contributed by atoms with Gasteiger partial charge in [-0.05, 0) is 30.7 Å². The van der Waals surface area contributed by atoms with Crippen LogP contribution in [-0.2, 0) is 6.18 Å². The summed E-state index contributed by atoms with van der Waals surface area (Å²) >= 11 is 0. The maximum Gasteiger partial charge on any atom is 0.434 e. The summed E-state index contributed by atoms with van der Waals surface area (Å²) in [4.78, 5) is 12.5. The molecule has 1 amide bonds. The van der Waals surface area contributed by atoms with Gasteiger partial charge in [0.05, 0.1) is 24.9 Å². The smallest absolute Gasteiger partial charge is 0.434 e. The minimum Gasteiger partial charge on any atom is -0.480 e. The molecule has 0 bridgehead atoms. The lowest BCUT2D eigenvalue weighted by atomic mass is 10.1. The van der Waals surface area contributed by atoms with Crippen LogP contribution < -0.4 is 10.1 Å². The van der Waals surface area contributed by atoms with Crippen molar-refractivity contribution in [2.24, 2.45) is 0 Å². The van der Waals surface area contributed by atoms with Crippen LogP contribution in [0.3, 0.4) is 0 Å². The van der Waals surface area contributed by atoms with Crippen molar-refractivity contribution in [3.05, 3.63) is 65.2 Å². The van der Waals surface area contributed by atoms with Crippen molar-refractivity contribution in [1.82, 2.24) is 25.3 Å². The zero-order chi connectivity index (χ0) is 21.2. The highest BCUT2D eigenvalue weighted by Crippen LogP contribution is 2.33. The summed E-state index contributed by atoms with van der Waals surface area (Å²) in [5.74, 6) is -1.57. The van der Waals surface area contributed by atoms with E-state index in [4.69, 9.17) is 4.74 Å². The molecule has 0 aliphatic heterocycles. The number of carbonyl (C=O) groups is 1. The summed E-state index contributed by atoms with van der Waals surface area (Å²) in [7, 11) is 1.34. The summed E-state index contributed by atoms with van der Waals surface area (Å²) in [6.07, 6.45) is -4.08. The fraction of sp³-hybridized carbons (Fsp3) is 0.222. The Morgan fingerprint density at radius 2 is 1.83 bits per heavy atom. The second-order valence-electron chi connectivity index (χ2n) is 6.00. The molecule has 0 saturated heterocycles. The molecule has 0 fully saturated rings. The number of nitrogens with zero attached hydrogens (tertiary/aromatic N) is 4. The predicted octanol–water partition coefficient (Wildman–Crippen LogP) is 3.32. The Labute approximate surface area is 162 Å². The summed E-state index contributed by atoms with van der Waals surface area (Å²) in [5.41, 5.74) is -1.44. The van der Waals surface area contributed by atoms with Gasteiger partial charge >= 0.3 is 6.18 Å². The van der Waals surface area contributed by atoms with Crippen molar-refractivity contribution in [3.8, 4) is 11.7 Å². The number of benzene rings is 1. The van der Waals surface area contributed by atoms with Crippen LogP contribution in [-0.4, -0.2) is 33.0 Å². The summed E-state index contributed by atoms with van der Waals surface area (Å²) in [6.45, 7) is 1.57. The van der Waals surface area contributed by atoms with Crippen molar-refractivity contribution in [3.63, 3.8) is 0 Å². The summed E-state index contributed by atoms with van der Waals surface area (Å²) in [5, 5.41) is 13.4. The van der Waals surface area contributed by atoms with Gasteiger partial charge in [-0.1, -0.05) is 12.1 Å². The lowest BCUT2D eigenvalue weighted by Crippen LogP contribution is -2.29. The van der Waals surface area contributed by atoms with Crippen molar-refractivity contribution >= 4 is 5.91 Å². The van der Waals surface area contributed by atoms with Gasteiger partial charge in [0.2, 0.25) is 5.88 Å². The molecule has 11 heteroatoms. The zero-order valence-corrected chi connectivity index (χ0v) is 15.2. The van der Waals surface area contributed by atoms with Crippen LogP contribution >= 0.6 is 0 Å². The number of carbonyl (C=O) groups excluding carboxylic acids is 1. The molecular formula is C18H15F4N5O2. The van der Waals surface area contributed by atoms with E-state index in [9.17, 15) is 22.4 Å². The van der Waals surface area contributed by atoms with Gasteiger partial charge in [-0.25, -0.2) is 9.07 Å². The first kappa shape index (κ1) is 20.2. The first-order valence-electron chi connectivity index (χ1n) is 8.30. The second kappa shape index (κ2) is 7.86. The quantitative estimate of drug-likeness (QED) is 0.654. The molecule has 2 aromatic heterocycles. The van der Waals surface area contributed by atoms with Crippen molar-refractivity contribution in [2.45, 2.75) is 19.1 Å². The molecule has 0 aliphatic rings. The predicted molar refractivity (Wildman–Crippen MR) is 93.0 cm³/mol. The Bertz CT molecular complexity index is 1000. The number of ether oxygens (including phenoxy) is 1. The number of halogens is 4. The lowest BCUT2D eigenvalue weighted by molar-refractivity contribution is -0.143. The molecule has 2 heterocycles. The Balaban J connectivity index is 1.93. The van der Waals surface area contributed by atoms with Gasteiger partial charge in [0.15, 0.2) is 11.5 Å². The van der Waals surface area contributed by atoms with Gasteiger partial charge in [-0.15, -0.1) is 10.2 Å². The highest BCUT2D eigenvalue weighted by molar-refractivity contribution is 5.95. The number of rotatable bonds is 5. The monoisotopic (exact) mass is 409 g/mol. The SMILES string of the molecule is COc1ccc(-n2ncc(C(=O)N[C@@H](C)c3ccc(F)cc3)c2C(F)(F)F)nn1. The van der Waals surface area contributed by atoms with Crippen LogP contribution in [0.25, 0.3) is 5.82 Å². The number of hydrogen-bond acceptors (Lipinski definition) is 5. The average Bonchev–Trinajstić information content (AvgIpc) is 3.14. The number of nitrogens with one attached hydrogen (secondary N) is 1. The van der Waals surface area contributed by atoms with Gasteiger partial charge in [0.25, 0.3) is 5.91 Å². The largest absolute Gasteiger partial charge is 0.480 e. The Kier molecular flexibility index (Phi) is 5.48. The van der Waals surface area contributed by atoms with Crippen molar-refractivity contribution in [2.75, 3.05) is 7.11 Å². The van der Waals surface area contributed by atoms with Gasteiger partial charge in [-0.3, -0.25) is 4.79 Å². The fourth-order valence-electron chi connectivity index (χ4n) is 2.61. The normalized spacial score (nSPS) is 12.5. The Hall–Kier alpha value is -3.50. The van der Waals surface area contributed by atoms with Crippen LogP contribution in [0, 0.1) is 5.82 Å². The molecule has 0 unspecified atom stereocenters. The number of amides is 1. The molecule has 152 valence electrons. The highest BCUT2D eigenvalue weighted by atomic mass is 19.4. The van der Waals surface area contributed by atoms with Crippen LogP contribution in [0.1, 0.15) is 34.6 Å². The van der Waals surface area contributed by atoms with E-state index >= 15 is 0 Å². The molecule has 7 nitrogen and oxygen atoms in total. The fourth-order valence-corrected chi connectivity index (χ4v) is 2.61. The zero-order valence-electron chi connectivity index (χ0n) is 15.2. The van der Waals surface area contributed by atoms with Crippen LogP contribution in [0.4, 0.5) is 17.6 Å². The first-order chi connectivity index (χ1) is 13.7. The van der Waals surface area contributed by atoms with E-state index in [0.29, 0.717) is 10.2 Å². The molecule has 0 spiro atoms. The van der Waals surface area contributed by atoms with E-state index in [-0.39, 0.29) is 11.7 Å². The van der Waals surface area contributed by atoms with Crippen molar-refractivity contribution < 1.29 is 27.1 Å². The standard InChI is InChI=1S/C18H15F4N5O2/c1-10(11-3-5-12(19)6-4-11)24-17(28)13-9-23-27(16(13)18(20,21)22)14-7-8-15(29-2)26-25-14/h3-10H,1-2H3,(H,24,28)/t10-/m0/s1. The second-order valence-corrected chi connectivity index (χ2v) is 6.00. The minimum absolute atomic E-state index is 0.112. The molecule has 0 radical (unpaired) electrons. The number of alkyl halides is 3. The summed E-state index contributed by atoms with van der Waals surface area (Å²) < 4.78 is 59.4. The molecule has 0 aliphatic carbocycles. The maximum absolute atomic E-state index is 13.7. The lowest BCUT2D eigenvalue weighted by Gasteiger charge is -2.16. The first-order valence-corrected chi connectivity index (χ1v) is 8.30. The van der Waals surface area contributed by atoms with E-state index in [1.54, 1.807) is 6.92 Å². The third kappa shape index (κ3) is 4.33. The Morgan fingerprint density at radius 3 is 2.38 bits per heavy atom. The minimum atomic E-state index is -4.89. The average molecular weight is 409 g/mol. The summed E-state index contributed by atoms with van der Waals surface area (Å²) in [6, 6.07) is 7.15. The number of aromatic nitrogens is 4. The van der Waals surface area contributed by atoms with E-state index < -0.39 is 35.2 Å². The highest BCUT2D eigenvalue weighted by Gasteiger charge is 2.41. The molecule has 29 heavy (non-hydrogen) atoms. The molecule has 1 atom stereocenters. The van der Waals surface area contributed by atoms with Crippen LogP contribution in [0.15, 0.2) is 42.6 Å². The molecular weight excluding hydrogens is 394 g/mol. The van der Waals surface area contributed by atoms with Gasteiger partial charge in [0.1, 0.15) is 5.82 Å². The van der Waals surface area contributed by atoms with Crippen LogP contribution in [0.2, 0.25) is 0 Å². The topological polar surface area (TPSA) is 81.9 Å². The van der Waals surface area contributed by atoms with Gasteiger partial charge < -0.3 is 10.1 Å². The van der Waals surface area contributed by atoms with E-state index in [2.05, 4.69) is 20.6 Å². The van der Waals surface area contributed by atoms with E-state index in [0.717, 1.165) is 6.20 Å². The molecule has 3 rings (SSSR count). The third-order valence-electron chi connectivity index (χ3n) is 4.05. The molecule has 0 saturated carbocycles. The number of methoxy groups -OCH3 is 1. The third-order valence-corrected chi connectivity index (χ3v) is 4.05. The maximum atomic E-state index is 13.7. The van der Waals surface area contributed by atoms with Crippen LogP contribution in [0.5, 0.6) is 5.88 Å². The van der Waals surface area contributed by atoms with E-state index in [1.807, 2.05) is 0 Å². The van der Waals surface area contributed by atoms with Gasteiger partial charge in [0, 0.05) is 6.07 Å². The van der Waals surface area contributed by atoms with Crippen molar-refractivity contribution in [1.29, 1.82) is 0 Å². The molecule has 1 aromatic carbocycles.